The van der Waals surface area contributed by atoms with E-state index in [2.05, 4.69) is 9.47 Å². The van der Waals surface area contributed by atoms with Crippen molar-refractivity contribution >= 4 is 11.7 Å². The van der Waals surface area contributed by atoms with E-state index in [4.69, 9.17) is 13.9 Å². The van der Waals surface area contributed by atoms with E-state index in [1.165, 1.54) is 6.26 Å². The lowest BCUT2D eigenvalue weighted by atomic mass is 10.1. The van der Waals surface area contributed by atoms with Crippen molar-refractivity contribution in [2.24, 2.45) is 0 Å². The van der Waals surface area contributed by atoms with Crippen LogP contribution in [-0.4, -0.2) is 65.6 Å². The summed E-state index contributed by atoms with van der Waals surface area (Å²) in [5.41, 5.74) is 3.54. The Balaban J connectivity index is 1.26. The standard InChI is InChI=1S/C24H25N3O5/c1-16-12-19(17(2)27(16)18-5-6-21-23(13-18)32-15-31-21)20(28)14-25-7-9-26(10-8-25)24(29)22-4-3-11-30-22/h3-6,11-13H,7-10,14-15H2,1-2H3. The smallest absolute Gasteiger partial charge is 0.289 e. The summed E-state index contributed by atoms with van der Waals surface area (Å²) < 4.78 is 18.2. The van der Waals surface area contributed by atoms with Gasteiger partial charge in [0.05, 0.1) is 12.8 Å². The molecule has 2 aliphatic rings. The molecule has 0 N–H and O–H groups in total. The van der Waals surface area contributed by atoms with Gasteiger partial charge >= 0.3 is 0 Å². The SMILES string of the molecule is Cc1cc(C(=O)CN2CCN(C(=O)c3ccco3)CC2)c(C)n1-c1ccc2c(c1)OCO2. The number of ether oxygens (including phenoxy) is 2. The third-order valence-corrected chi connectivity index (χ3v) is 6.10. The number of carbonyl (C=O) groups excluding carboxylic acids is 2. The second-order valence-electron chi connectivity index (χ2n) is 8.13. The first-order valence-electron chi connectivity index (χ1n) is 10.7. The van der Waals surface area contributed by atoms with E-state index in [9.17, 15) is 9.59 Å². The second kappa shape index (κ2) is 8.20. The van der Waals surface area contributed by atoms with Gasteiger partial charge in [0.15, 0.2) is 23.0 Å². The molecule has 32 heavy (non-hydrogen) atoms. The summed E-state index contributed by atoms with van der Waals surface area (Å²) in [7, 11) is 0. The van der Waals surface area contributed by atoms with E-state index in [1.807, 2.05) is 38.1 Å². The topological polar surface area (TPSA) is 77.2 Å². The van der Waals surface area contributed by atoms with Crippen LogP contribution in [0.4, 0.5) is 0 Å². The van der Waals surface area contributed by atoms with Crippen LogP contribution < -0.4 is 9.47 Å². The molecule has 0 atom stereocenters. The van der Waals surface area contributed by atoms with Gasteiger partial charge in [-0.15, -0.1) is 0 Å². The first-order chi connectivity index (χ1) is 15.5. The maximum absolute atomic E-state index is 13.1. The lowest BCUT2D eigenvalue weighted by Gasteiger charge is -2.33. The Bertz CT molecular complexity index is 1160. The van der Waals surface area contributed by atoms with Crippen molar-refractivity contribution in [1.29, 1.82) is 0 Å². The lowest BCUT2D eigenvalue weighted by Crippen LogP contribution is -2.49. The average Bonchev–Trinajstić information content (AvgIpc) is 3.54. The van der Waals surface area contributed by atoms with E-state index in [-0.39, 0.29) is 18.5 Å². The molecule has 1 aromatic carbocycles. The molecule has 1 saturated heterocycles. The Kier molecular flexibility index (Phi) is 5.22. The normalized spacial score (nSPS) is 15.9. The molecule has 1 fully saturated rings. The molecule has 2 aliphatic heterocycles. The van der Waals surface area contributed by atoms with Gasteiger partial charge in [-0.05, 0) is 44.2 Å². The third-order valence-electron chi connectivity index (χ3n) is 6.10. The maximum Gasteiger partial charge on any atom is 0.289 e. The summed E-state index contributed by atoms with van der Waals surface area (Å²) in [6.45, 7) is 6.96. The van der Waals surface area contributed by atoms with Crippen LogP contribution in [0.2, 0.25) is 0 Å². The van der Waals surface area contributed by atoms with Crippen molar-refractivity contribution in [3.05, 3.63) is 65.4 Å². The van der Waals surface area contributed by atoms with Crippen LogP contribution in [0.1, 0.15) is 32.3 Å². The number of aryl methyl sites for hydroxylation is 1. The van der Waals surface area contributed by atoms with Crippen molar-refractivity contribution < 1.29 is 23.5 Å². The fourth-order valence-electron chi connectivity index (χ4n) is 4.42. The van der Waals surface area contributed by atoms with Crippen molar-refractivity contribution in [3.8, 4) is 17.2 Å². The zero-order valence-electron chi connectivity index (χ0n) is 18.2. The summed E-state index contributed by atoms with van der Waals surface area (Å²) in [5, 5.41) is 0. The number of carbonyl (C=O) groups is 2. The van der Waals surface area contributed by atoms with Crippen LogP contribution in [0.25, 0.3) is 5.69 Å². The number of Topliss-reactive ketones (excluding diaryl/α,β-unsaturated/α-hetero) is 1. The van der Waals surface area contributed by atoms with Crippen molar-refractivity contribution in [3.63, 3.8) is 0 Å². The van der Waals surface area contributed by atoms with Crippen molar-refractivity contribution in [1.82, 2.24) is 14.4 Å². The number of furan rings is 1. The molecular weight excluding hydrogens is 410 g/mol. The monoisotopic (exact) mass is 435 g/mol. The van der Waals surface area contributed by atoms with Gasteiger partial charge in [0.2, 0.25) is 6.79 Å². The molecule has 0 saturated carbocycles. The highest BCUT2D eigenvalue weighted by atomic mass is 16.7. The fraction of sp³-hybridized carbons (Fsp3) is 0.333. The molecule has 2 aromatic heterocycles. The average molecular weight is 435 g/mol. The minimum absolute atomic E-state index is 0.0795. The highest BCUT2D eigenvalue weighted by Crippen LogP contribution is 2.35. The summed E-state index contributed by atoms with van der Waals surface area (Å²) in [5.74, 6) is 1.77. The largest absolute Gasteiger partial charge is 0.459 e. The van der Waals surface area contributed by atoms with Crippen molar-refractivity contribution in [2.45, 2.75) is 13.8 Å². The highest BCUT2D eigenvalue weighted by Gasteiger charge is 2.26. The van der Waals surface area contributed by atoms with E-state index >= 15 is 0 Å². The number of hydrogen-bond acceptors (Lipinski definition) is 6. The number of aromatic nitrogens is 1. The predicted molar refractivity (Wildman–Crippen MR) is 117 cm³/mol. The molecule has 5 rings (SSSR count). The maximum atomic E-state index is 13.1. The molecule has 0 spiro atoms. The number of ketones is 1. The van der Waals surface area contributed by atoms with Gasteiger partial charge in [0, 0.05) is 54.9 Å². The number of amides is 1. The van der Waals surface area contributed by atoms with Crippen LogP contribution in [0.3, 0.4) is 0 Å². The summed E-state index contributed by atoms with van der Waals surface area (Å²) >= 11 is 0. The molecule has 8 heteroatoms. The van der Waals surface area contributed by atoms with Gasteiger partial charge in [-0.1, -0.05) is 0 Å². The molecule has 1 amide bonds. The van der Waals surface area contributed by atoms with Crippen LogP contribution >= 0.6 is 0 Å². The van der Waals surface area contributed by atoms with Gasteiger partial charge in [0.1, 0.15) is 0 Å². The zero-order valence-corrected chi connectivity index (χ0v) is 18.2. The number of benzene rings is 1. The van der Waals surface area contributed by atoms with Crippen molar-refractivity contribution in [2.75, 3.05) is 39.5 Å². The highest BCUT2D eigenvalue weighted by molar-refractivity contribution is 5.99. The van der Waals surface area contributed by atoms with Crippen LogP contribution in [0.15, 0.2) is 47.1 Å². The molecule has 0 aliphatic carbocycles. The number of rotatable bonds is 5. The number of fused-ring (bicyclic) bond motifs is 1. The summed E-state index contributed by atoms with van der Waals surface area (Å²) in [6.07, 6.45) is 1.50. The molecule has 0 radical (unpaired) electrons. The molecule has 8 nitrogen and oxygen atoms in total. The lowest BCUT2D eigenvalue weighted by molar-refractivity contribution is 0.0596. The second-order valence-corrected chi connectivity index (χ2v) is 8.13. The fourth-order valence-corrected chi connectivity index (χ4v) is 4.42. The van der Waals surface area contributed by atoms with E-state index in [0.29, 0.717) is 49.8 Å². The van der Waals surface area contributed by atoms with Gasteiger partial charge in [-0.25, -0.2) is 0 Å². The third kappa shape index (κ3) is 3.67. The molecule has 0 bridgehead atoms. The quantitative estimate of drug-likeness (QED) is 0.574. The number of nitrogens with zero attached hydrogens (tertiary/aromatic N) is 3. The van der Waals surface area contributed by atoms with Gasteiger partial charge < -0.3 is 23.4 Å². The Morgan fingerprint density at radius 2 is 1.75 bits per heavy atom. The van der Waals surface area contributed by atoms with Gasteiger partial charge in [0.25, 0.3) is 5.91 Å². The van der Waals surface area contributed by atoms with Crippen LogP contribution in [0, 0.1) is 13.8 Å². The molecule has 4 heterocycles. The summed E-state index contributed by atoms with van der Waals surface area (Å²) in [4.78, 5) is 29.4. The Hall–Kier alpha value is -3.52. The van der Waals surface area contributed by atoms with Gasteiger partial charge in [-0.2, -0.15) is 0 Å². The number of hydrogen-bond donors (Lipinski definition) is 0. The Morgan fingerprint density at radius 3 is 2.50 bits per heavy atom. The molecule has 166 valence electrons. The zero-order chi connectivity index (χ0) is 22.2. The number of piperazine rings is 1. The van der Waals surface area contributed by atoms with Crippen LogP contribution in [0.5, 0.6) is 11.5 Å². The summed E-state index contributed by atoms with van der Waals surface area (Å²) in [6, 6.07) is 11.1. The van der Waals surface area contributed by atoms with E-state index in [1.54, 1.807) is 17.0 Å². The molecule has 3 aromatic rings. The first-order valence-corrected chi connectivity index (χ1v) is 10.7. The molecule has 0 unspecified atom stereocenters. The van der Waals surface area contributed by atoms with Crippen LogP contribution in [-0.2, 0) is 0 Å². The minimum Gasteiger partial charge on any atom is -0.459 e. The molecular formula is C24H25N3O5. The first kappa shape index (κ1) is 20.4. The van der Waals surface area contributed by atoms with E-state index < -0.39 is 0 Å². The minimum atomic E-state index is -0.103. The van der Waals surface area contributed by atoms with E-state index in [0.717, 1.165) is 22.8 Å². The Labute approximate surface area is 185 Å². The Morgan fingerprint density at radius 1 is 0.969 bits per heavy atom. The predicted octanol–water partition coefficient (Wildman–Crippen LogP) is 3.06. The van der Waals surface area contributed by atoms with Gasteiger partial charge in [-0.3, -0.25) is 14.5 Å².